The number of carbonyl (C=O) groups is 1. The number of benzene rings is 1. The summed E-state index contributed by atoms with van der Waals surface area (Å²) in [5, 5.41) is 0. The molecule has 1 saturated heterocycles. The Morgan fingerprint density at radius 3 is 2.56 bits per heavy atom. The van der Waals surface area contributed by atoms with Crippen LogP contribution in [-0.2, 0) is 22.0 Å². The zero-order chi connectivity index (χ0) is 13.3. The van der Waals surface area contributed by atoms with Crippen LogP contribution in [0.4, 0.5) is 13.2 Å². The van der Waals surface area contributed by atoms with Gasteiger partial charge < -0.3 is 0 Å². The molecule has 0 radical (unpaired) electrons. The third-order valence-corrected chi connectivity index (χ3v) is 4.03. The number of alkyl halides is 3. The van der Waals surface area contributed by atoms with Crippen LogP contribution in [0.1, 0.15) is 12.0 Å². The van der Waals surface area contributed by atoms with Gasteiger partial charge in [-0.2, -0.15) is 13.2 Å². The maximum Gasteiger partial charge on any atom is 0.416 e. The molecular weight excluding hydrogens is 267 g/mol. The second kappa shape index (κ2) is 4.81. The summed E-state index contributed by atoms with van der Waals surface area (Å²) in [6.07, 6.45) is -4.16. The van der Waals surface area contributed by atoms with Crippen molar-refractivity contribution in [1.29, 1.82) is 0 Å². The average Bonchev–Trinajstić information content (AvgIpc) is 2.74. The van der Waals surface area contributed by atoms with Gasteiger partial charge in [0.25, 0.3) is 0 Å². The fourth-order valence-corrected chi connectivity index (χ4v) is 2.92. The van der Waals surface area contributed by atoms with Crippen LogP contribution in [0.5, 0.6) is 0 Å². The third kappa shape index (κ3) is 2.78. The average molecular weight is 277 g/mol. The molecule has 0 saturated carbocycles. The van der Waals surface area contributed by atoms with Crippen LogP contribution < -0.4 is 0 Å². The van der Waals surface area contributed by atoms with Crippen molar-refractivity contribution in [2.24, 2.45) is 0 Å². The summed E-state index contributed by atoms with van der Waals surface area (Å²) in [5.74, 6) is -0.0460. The van der Waals surface area contributed by atoms with Crippen molar-refractivity contribution in [2.45, 2.75) is 17.5 Å². The van der Waals surface area contributed by atoms with Gasteiger partial charge in [-0.25, -0.2) is 8.51 Å². The minimum Gasteiger partial charge on any atom is -0.298 e. The number of ketones is 1. The predicted molar refractivity (Wildman–Crippen MR) is 59.0 cm³/mol. The Hall–Kier alpha value is -1.21. The van der Waals surface area contributed by atoms with Gasteiger partial charge >= 0.3 is 6.18 Å². The zero-order valence-electron chi connectivity index (χ0n) is 9.24. The van der Waals surface area contributed by atoms with Crippen molar-refractivity contribution in [3.63, 3.8) is 0 Å². The normalized spacial score (nSPS) is 19.2. The molecule has 98 valence electrons. The molecule has 0 aliphatic carbocycles. The van der Waals surface area contributed by atoms with Crippen molar-refractivity contribution in [2.75, 3.05) is 13.1 Å². The predicted octanol–water partition coefficient (Wildman–Crippen LogP) is 2.00. The molecule has 2 rings (SSSR count). The van der Waals surface area contributed by atoms with Crippen LogP contribution in [0.15, 0.2) is 29.2 Å². The Morgan fingerprint density at radius 2 is 2.00 bits per heavy atom. The molecule has 0 aromatic heterocycles. The second-order valence-electron chi connectivity index (χ2n) is 3.93. The molecule has 1 aromatic rings. The minimum atomic E-state index is -4.46. The van der Waals surface area contributed by atoms with Gasteiger partial charge in [0.1, 0.15) is 16.8 Å². The van der Waals surface area contributed by atoms with E-state index in [9.17, 15) is 22.2 Å². The van der Waals surface area contributed by atoms with Gasteiger partial charge in [0.15, 0.2) is 0 Å². The summed E-state index contributed by atoms with van der Waals surface area (Å²) in [6, 6.07) is 4.37. The summed E-state index contributed by atoms with van der Waals surface area (Å²) < 4.78 is 50.9. The number of nitrogens with zero attached hydrogens (tertiary/aromatic N) is 1. The van der Waals surface area contributed by atoms with E-state index in [1.807, 2.05) is 0 Å². The molecule has 0 bridgehead atoms. The highest BCUT2D eigenvalue weighted by molar-refractivity contribution is 7.82. The van der Waals surface area contributed by atoms with Gasteiger partial charge in [-0.15, -0.1) is 0 Å². The monoisotopic (exact) mass is 277 g/mol. The quantitative estimate of drug-likeness (QED) is 0.829. The van der Waals surface area contributed by atoms with Crippen molar-refractivity contribution >= 4 is 16.8 Å². The van der Waals surface area contributed by atoms with Gasteiger partial charge in [0, 0.05) is 13.0 Å². The lowest BCUT2D eigenvalue weighted by Crippen LogP contribution is -2.23. The molecule has 18 heavy (non-hydrogen) atoms. The van der Waals surface area contributed by atoms with Crippen LogP contribution in [0.2, 0.25) is 0 Å². The van der Waals surface area contributed by atoms with E-state index in [1.54, 1.807) is 0 Å². The van der Waals surface area contributed by atoms with E-state index < -0.39 is 22.7 Å². The highest BCUT2D eigenvalue weighted by atomic mass is 32.2. The molecule has 1 unspecified atom stereocenters. The lowest BCUT2D eigenvalue weighted by Gasteiger charge is -2.14. The van der Waals surface area contributed by atoms with E-state index in [0.29, 0.717) is 13.0 Å². The van der Waals surface area contributed by atoms with Crippen molar-refractivity contribution < 1.29 is 22.2 Å². The van der Waals surface area contributed by atoms with Crippen LogP contribution in [0, 0.1) is 0 Å². The Morgan fingerprint density at radius 1 is 1.28 bits per heavy atom. The lowest BCUT2D eigenvalue weighted by atomic mass is 10.2. The van der Waals surface area contributed by atoms with Gasteiger partial charge in [-0.3, -0.25) is 4.79 Å². The lowest BCUT2D eigenvalue weighted by molar-refractivity contribution is -0.137. The van der Waals surface area contributed by atoms with Crippen molar-refractivity contribution in [3.8, 4) is 0 Å². The summed E-state index contributed by atoms with van der Waals surface area (Å²) in [6.45, 7) is 0.352. The number of Topliss-reactive ketones (excluding diaryl/α,β-unsaturated/α-hetero) is 1. The van der Waals surface area contributed by atoms with E-state index in [0.717, 1.165) is 12.1 Å². The molecule has 0 N–H and O–H groups in total. The highest BCUT2D eigenvalue weighted by Crippen LogP contribution is 2.30. The maximum atomic E-state index is 12.5. The summed E-state index contributed by atoms with van der Waals surface area (Å²) >= 11 is 0. The number of hydrogen-bond acceptors (Lipinski definition) is 2. The Labute approximate surface area is 104 Å². The first-order chi connectivity index (χ1) is 8.38. The molecule has 1 atom stereocenters. The third-order valence-electron chi connectivity index (χ3n) is 2.59. The first-order valence-corrected chi connectivity index (χ1v) is 6.34. The van der Waals surface area contributed by atoms with Crippen LogP contribution in [0.3, 0.4) is 0 Å². The van der Waals surface area contributed by atoms with Crippen molar-refractivity contribution in [1.82, 2.24) is 4.31 Å². The topological polar surface area (TPSA) is 37.4 Å². The van der Waals surface area contributed by atoms with E-state index in [1.165, 1.54) is 16.4 Å². The fourth-order valence-electron chi connectivity index (χ4n) is 1.68. The molecule has 1 aliphatic heterocycles. The van der Waals surface area contributed by atoms with Gasteiger partial charge in [-0.05, 0) is 18.2 Å². The van der Waals surface area contributed by atoms with E-state index in [2.05, 4.69) is 0 Å². The molecule has 0 spiro atoms. The first-order valence-electron chi connectivity index (χ1n) is 5.24. The molecule has 1 fully saturated rings. The van der Waals surface area contributed by atoms with Gasteiger partial charge in [0.2, 0.25) is 0 Å². The number of carbonyl (C=O) groups excluding carboxylic acids is 1. The standard InChI is InChI=1S/C11H10F3NO2S/c12-11(13,14)8-2-1-3-10(6-8)18(17)15-5-4-9(16)7-15/h1-3,6H,4-5,7H2. The smallest absolute Gasteiger partial charge is 0.298 e. The summed E-state index contributed by atoms with van der Waals surface area (Å²) in [5.41, 5.74) is -0.834. The summed E-state index contributed by atoms with van der Waals surface area (Å²) in [7, 11) is -1.71. The molecule has 1 heterocycles. The first kappa shape index (κ1) is 13.2. The SMILES string of the molecule is O=C1CCN(S(=O)c2cccc(C(F)(F)F)c2)C1. The van der Waals surface area contributed by atoms with Crippen LogP contribution in [0.25, 0.3) is 0 Å². The Kier molecular flexibility index (Phi) is 3.54. The molecular formula is C11H10F3NO2S. The van der Waals surface area contributed by atoms with Crippen LogP contribution in [-0.4, -0.2) is 27.4 Å². The molecule has 1 aliphatic rings. The van der Waals surface area contributed by atoms with E-state index >= 15 is 0 Å². The molecule has 1 aromatic carbocycles. The summed E-state index contributed by atoms with van der Waals surface area (Å²) in [4.78, 5) is 11.1. The zero-order valence-corrected chi connectivity index (χ0v) is 10.1. The fraction of sp³-hybridized carbons (Fsp3) is 0.364. The van der Waals surface area contributed by atoms with E-state index in [4.69, 9.17) is 0 Å². The Bertz CT molecular complexity index is 501. The maximum absolute atomic E-state index is 12.5. The second-order valence-corrected chi connectivity index (χ2v) is 5.41. The van der Waals surface area contributed by atoms with Gasteiger partial charge in [0.05, 0.1) is 17.0 Å². The Balaban J connectivity index is 2.23. The van der Waals surface area contributed by atoms with Crippen LogP contribution >= 0.6 is 0 Å². The minimum absolute atomic E-state index is 0.0306. The van der Waals surface area contributed by atoms with Crippen molar-refractivity contribution in [3.05, 3.63) is 29.8 Å². The largest absolute Gasteiger partial charge is 0.416 e. The highest BCUT2D eigenvalue weighted by Gasteiger charge is 2.32. The molecule has 3 nitrogen and oxygen atoms in total. The molecule has 7 heteroatoms. The van der Waals surface area contributed by atoms with Gasteiger partial charge in [-0.1, -0.05) is 6.07 Å². The number of halogens is 3. The number of hydrogen-bond donors (Lipinski definition) is 0. The number of rotatable bonds is 2. The van der Waals surface area contributed by atoms with E-state index in [-0.39, 0.29) is 17.2 Å². The molecule has 0 amide bonds.